The van der Waals surface area contributed by atoms with Crippen LogP contribution < -0.4 is 0 Å². The van der Waals surface area contributed by atoms with Crippen molar-refractivity contribution in [3.8, 4) is 0 Å². The number of carbonyl (C=O) groups excluding carboxylic acids is 2. The monoisotopic (exact) mass is 239 g/mol. The van der Waals surface area contributed by atoms with Gasteiger partial charge in [0.1, 0.15) is 0 Å². The molecule has 5 heteroatoms. The maximum Gasteiger partial charge on any atom is 0.333 e. The first-order valence-electron chi connectivity index (χ1n) is 5.36. The molecule has 1 amide bonds. The fraction of sp³-hybridized carbons (Fsp3) is 0.636. The number of nitrogens with zero attached hydrogens (tertiary/aromatic N) is 1. The van der Waals surface area contributed by atoms with Crippen molar-refractivity contribution >= 4 is 23.6 Å². The first-order valence-corrected chi connectivity index (χ1v) is 6.59. The van der Waals surface area contributed by atoms with E-state index in [1.807, 2.05) is 13.2 Å². The Morgan fingerprint density at radius 2 is 2.19 bits per heavy atom. The van der Waals surface area contributed by atoms with E-state index in [1.54, 1.807) is 11.0 Å². The van der Waals surface area contributed by atoms with Gasteiger partial charge in [-0.2, -0.15) is 0 Å². The summed E-state index contributed by atoms with van der Waals surface area (Å²) in [5.41, 5.74) is -0.818. The summed E-state index contributed by atoms with van der Waals surface area (Å²) in [7, 11) is 0. The van der Waals surface area contributed by atoms with Crippen molar-refractivity contribution in [3.05, 3.63) is 12.2 Å². The molecule has 86 valence electrons. The maximum atomic E-state index is 12.1. The van der Waals surface area contributed by atoms with Crippen LogP contribution in [0.15, 0.2) is 12.2 Å². The molecule has 1 saturated heterocycles. The summed E-state index contributed by atoms with van der Waals surface area (Å²) < 4.78 is 4.76. The molecule has 2 atom stereocenters. The Labute approximate surface area is 98.0 Å². The number of rotatable bonds is 2. The second-order valence-electron chi connectivity index (χ2n) is 4.59. The summed E-state index contributed by atoms with van der Waals surface area (Å²) in [4.78, 5) is 25.2. The van der Waals surface area contributed by atoms with Crippen molar-refractivity contribution in [3.63, 3.8) is 0 Å². The van der Waals surface area contributed by atoms with Crippen LogP contribution in [0.4, 0.5) is 0 Å². The van der Waals surface area contributed by atoms with E-state index >= 15 is 0 Å². The van der Waals surface area contributed by atoms with Crippen LogP contribution in [0.25, 0.3) is 0 Å². The number of likely N-dealkylation sites (tertiary alicyclic amines) is 1. The Kier molecular flexibility index (Phi) is 1.80. The van der Waals surface area contributed by atoms with E-state index < -0.39 is 10.5 Å². The SMILES string of the molecule is CS[C@]1(C)C(=O)N(C2CC2)[C@]12C=CC(=O)O2. The van der Waals surface area contributed by atoms with Crippen LogP contribution in [0.2, 0.25) is 0 Å². The maximum absolute atomic E-state index is 12.1. The fourth-order valence-electron chi connectivity index (χ4n) is 2.50. The summed E-state index contributed by atoms with van der Waals surface area (Å²) in [6.07, 6.45) is 7.08. The van der Waals surface area contributed by atoms with Gasteiger partial charge in [-0.1, -0.05) is 0 Å². The van der Waals surface area contributed by atoms with Gasteiger partial charge in [0, 0.05) is 12.1 Å². The third-order valence-corrected chi connectivity index (χ3v) is 4.97. The number of carbonyl (C=O) groups is 2. The topological polar surface area (TPSA) is 46.6 Å². The minimum Gasteiger partial charge on any atom is -0.430 e. The van der Waals surface area contributed by atoms with Crippen LogP contribution in [0.3, 0.4) is 0 Å². The predicted octanol–water partition coefficient (Wildman–Crippen LogP) is 0.922. The van der Waals surface area contributed by atoms with Gasteiger partial charge in [0.05, 0.1) is 0 Å². The van der Waals surface area contributed by atoms with E-state index in [0.29, 0.717) is 0 Å². The van der Waals surface area contributed by atoms with Gasteiger partial charge in [-0.05, 0) is 32.1 Å². The Hall–Kier alpha value is -0.970. The molecule has 2 heterocycles. The summed E-state index contributed by atoms with van der Waals surface area (Å²) in [6.45, 7) is 1.85. The van der Waals surface area contributed by atoms with Crippen LogP contribution in [0.5, 0.6) is 0 Å². The minimum atomic E-state index is -0.818. The predicted molar refractivity (Wildman–Crippen MR) is 59.8 cm³/mol. The summed E-state index contributed by atoms with van der Waals surface area (Å²) in [6, 6.07) is 0.267. The molecule has 3 aliphatic rings. The third-order valence-electron chi connectivity index (χ3n) is 3.69. The Bertz CT molecular complexity index is 417. The van der Waals surface area contributed by atoms with Gasteiger partial charge in [0.25, 0.3) is 0 Å². The standard InChI is InChI=1S/C11H13NO3S/c1-10(16-2)9(14)12(7-3-4-7)11(10)6-5-8(13)15-11/h5-7H,3-4H2,1-2H3/t10-,11+/m1/s1. The molecule has 1 saturated carbocycles. The molecule has 0 aromatic rings. The highest BCUT2D eigenvalue weighted by Gasteiger charge is 2.74. The highest BCUT2D eigenvalue weighted by atomic mass is 32.2. The number of ether oxygens (including phenoxy) is 1. The van der Waals surface area contributed by atoms with Crippen LogP contribution in [0, 0.1) is 0 Å². The molecule has 2 aliphatic heterocycles. The molecular weight excluding hydrogens is 226 g/mol. The molecule has 0 aromatic carbocycles. The molecule has 0 aromatic heterocycles. The van der Waals surface area contributed by atoms with Gasteiger partial charge >= 0.3 is 5.97 Å². The highest BCUT2D eigenvalue weighted by molar-refractivity contribution is 8.00. The lowest BCUT2D eigenvalue weighted by Crippen LogP contribution is -2.79. The normalized spacial score (nSPS) is 41.5. The minimum absolute atomic E-state index is 0.0850. The Morgan fingerprint density at radius 1 is 1.50 bits per heavy atom. The molecule has 1 aliphatic carbocycles. The first kappa shape index (κ1) is 10.2. The largest absolute Gasteiger partial charge is 0.430 e. The number of β-lactam (4-membered cyclic amide) rings is 1. The molecule has 0 bridgehead atoms. The Morgan fingerprint density at radius 3 is 2.62 bits per heavy atom. The van der Waals surface area contributed by atoms with Gasteiger partial charge in [-0.3, -0.25) is 9.69 Å². The average molecular weight is 239 g/mol. The quantitative estimate of drug-likeness (QED) is 0.531. The van der Waals surface area contributed by atoms with E-state index in [0.717, 1.165) is 12.8 Å². The van der Waals surface area contributed by atoms with Crippen molar-refractivity contribution in [2.75, 3.05) is 6.26 Å². The molecule has 4 nitrogen and oxygen atoms in total. The molecule has 0 N–H and O–H groups in total. The van der Waals surface area contributed by atoms with Crippen molar-refractivity contribution in [2.24, 2.45) is 0 Å². The first-order chi connectivity index (χ1) is 7.55. The lowest BCUT2D eigenvalue weighted by Gasteiger charge is -2.58. The number of amides is 1. The van der Waals surface area contributed by atoms with Crippen molar-refractivity contribution in [1.82, 2.24) is 4.90 Å². The number of hydrogen-bond acceptors (Lipinski definition) is 4. The summed E-state index contributed by atoms with van der Waals surface area (Å²) in [5.74, 6) is -0.264. The number of hydrogen-bond donors (Lipinski definition) is 0. The van der Waals surface area contributed by atoms with Crippen molar-refractivity contribution in [1.29, 1.82) is 0 Å². The molecule has 16 heavy (non-hydrogen) atoms. The van der Waals surface area contributed by atoms with E-state index in [2.05, 4.69) is 0 Å². The second-order valence-corrected chi connectivity index (χ2v) is 5.82. The third kappa shape index (κ3) is 0.930. The fourth-order valence-corrected chi connectivity index (χ4v) is 3.28. The number of thioether (sulfide) groups is 1. The van der Waals surface area contributed by atoms with Crippen LogP contribution in [0.1, 0.15) is 19.8 Å². The van der Waals surface area contributed by atoms with E-state index in [-0.39, 0.29) is 17.9 Å². The molecular formula is C11H13NO3S. The molecule has 3 rings (SSSR count). The zero-order chi connectivity index (χ0) is 11.6. The van der Waals surface area contributed by atoms with E-state index in [4.69, 9.17) is 4.74 Å². The van der Waals surface area contributed by atoms with Crippen LogP contribution in [-0.4, -0.2) is 39.5 Å². The lowest BCUT2D eigenvalue weighted by atomic mass is 9.83. The van der Waals surface area contributed by atoms with E-state index in [9.17, 15) is 9.59 Å². The van der Waals surface area contributed by atoms with Gasteiger partial charge in [-0.25, -0.2) is 4.79 Å². The van der Waals surface area contributed by atoms with Gasteiger partial charge in [-0.15, -0.1) is 11.8 Å². The van der Waals surface area contributed by atoms with Gasteiger partial charge in [0.2, 0.25) is 11.6 Å². The van der Waals surface area contributed by atoms with Crippen LogP contribution >= 0.6 is 11.8 Å². The van der Waals surface area contributed by atoms with Crippen molar-refractivity contribution < 1.29 is 14.3 Å². The molecule has 0 radical (unpaired) electrons. The van der Waals surface area contributed by atoms with Gasteiger partial charge < -0.3 is 4.74 Å². The summed E-state index contributed by atoms with van der Waals surface area (Å²) in [5, 5.41) is 0. The molecule has 2 fully saturated rings. The zero-order valence-corrected chi connectivity index (χ0v) is 10.0. The van der Waals surface area contributed by atoms with Crippen molar-refractivity contribution in [2.45, 2.75) is 36.3 Å². The van der Waals surface area contributed by atoms with Crippen LogP contribution in [-0.2, 0) is 14.3 Å². The smallest absolute Gasteiger partial charge is 0.333 e. The molecule has 1 spiro atoms. The second kappa shape index (κ2) is 2.83. The van der Waals surface area contributed by atoms with E-state index in [1.165, 1.54) is 17.8 Å². The number of esters is 1. The lowest BCUT2D eigenvalue weighted by molar-refractivity contribution is -0.208. The van der Waals surface area contributed by atoms with Gasteiger partial charge in [0.15, 0.2) is 4.75 Å². The zero-order valence-electron chi connectivity index (χ0n) is 9.23. The molecule has 0 unspecified atom stereocenters. The summed E-state index contributed by atoms with van der Waals surface area (Å²) >= 11 is 1.45. The average Bonchev–Trinajstić information content (AvgIpc) is 3.01. The Balaban J connectivity index is 2.01. The highest BCUT2D eigenvalue weighted by Crippen LogP contribution is 2.56.